The van der Waals surface area contributed by atoms with Crippen LogP contribution in [0.25, 0.3) is 0 Å². The van der Waals surface area contributed by atoms with Crippen LogP contribution in [0, 0.1) is 0 Å². The first-order valence-electron chi connectivity index (χ1n) is 7.03. The van der Waals surface area contributed by atoms with Gasteiger partial charge in [0.05, 0.1) is 6.61 Å². The third-order valence-electron chi connectivity index (χ3n) is 2.61. The number of rotatable bonds is 9. The van der Waals surface area contributed by atoms with Crippen molar-refractivity contribution in [3.63, 3.8) is 0 Å². The van der Waals surface area contributed by atoms with Gasteiger partial charge in [-0.25, -0.2) is 4.18 Å². The zero-order valence-electron chi connectivity index (χ0n) is 12.9. The molecular weight excluding hydrogens is 302 g/mol. The maximum Gasteiger partial charge on any atom is 0.397 e. The fraction of sp³-hybridized carbons (Fsp3) is 0.375. The Morgan fingerprint density at radius 2 is 1.77 bits per heavy atom. The first-order valence-corrected chi connectivity index (χ1v) is 8.40. The van der Waals surface area contributed by atoms with Crippen molar-refractivity contribution in [1.82, 2.24) is 5.32 Å². The quantitative estimate of drug-likeness (QED) is 0.538. The van der Waals surface area contributed by atoms with Crippen LogP contribution >= 0.6 is 0 Å². The van der Waals surface area contributed by atoms with Crippen LogP contribution in [0.5, 0.6) is 0 Å². The second kappa shape index (κ2) is 12.1. The second-order valence-electron chi connectivity index (χ2n) is 4.45. The minimum atomic E-state index is -4.17. The van der Waals surface area contributed by atoms with Gasteiger partial charge in [-0.1, -0.05) is 42.5 Å². The zero-order chi connectivity index (χ0) is 16.8. The Balaban J connectivity index is 0.000000534. The predicted octanol–water partition coefficient (Wildman–Crippen LogP) is 3.12. The molecule has 1 aromatic carbocycles. The topological polar surface area (TPSA) is 75.6 Å². The molecule has 1 rings (SSSR count). The maximum atomic E-state index is 9.56. The van der Waals surface area contributed by atoms with Crippen molar-refractivity contribution >= 4 is 10.4 Å². The summed E-state index contributed by atoms with van der Waals surface area (Å²) >= 11 is 0. The Morgan fingerprint density at radius 1 is 1.23 bits per heavy atom. The summed E-state index contributed by atoms with van der Waals surface area (Å²) in [5, 5.41) is 3.50. The normalized spacial score (nSPS) is 10.7. The van der Waals surface area contributed by atoms with Crippen molar-refractivity contribution in [2.75, 3.05) is 6.61 Å². The van der Waals surface area contributed by atoms with Gasteiger partial charge in [0, 0.05) is 12.6 Å². The summed E-state index contributed by atoms with van der Waals surface area (Å²) in [4.78, 5) is 0. The fourth-order valence-electron chi connectivity index (χ4n) is 1.67. The van der Waals surface area contributed by atoms with E-state index >= 15 is 0 Å². The highest BCUT2D eigenvalue weighted by Crippen LogP contribution is 2.03. The van der Waals surface area contributed by atoms with Crippen molar-refractivity contribution in [2.24, 2.45) is 0 Å². The van der Waals surface area contributed by atoms with Crippen LogP contribution in [0.15, 0.2) is 55.6 Å². The average molecular weight is 327 g/mol. The molecule has 0 aromatic heterocycles. The van der Waals surface area contributed by atoms with Crippen LogP contribution in [0.1, 0.15) is 25.3 Å². The second-order valence-corrected chi connectivity index (χ2v) is 5.54. The van der Waals surface area contributed by atoms with E-state index in [9.17, 15) is 8.42 Å². The van der Waals surface area contributed by atoms with Gasteiger partial charge in [-0.15, -0.1) is 13.2 Å². The summed E-state index contributed by atoms with van der Waals surface area (Å²) < 4.78 is 30.7. The molecule has 5 nitrogen and oxygen atoms in total. The molecule has 1 aromatic rings. The van der Waals surface area contributed by atoms with Crippen LogP contribution in [-0.2, 0) is 21.1 Å². The molecule has 0 spiro atoms. The van der Waals surface area contributed by atoms with E-state index in [0.717, 1.165) is 19.4 Å². The summed E-state index contributed by atoms with van der Waals surface area (Å²) in [6.45, 7) is 9.87. The van der Waals surface area contributed by atoms with Gasteiger partial charge in [0.1, 0.15) is 0 Å². The predicted molar refractivity (Wildman–Crippen MR) is 89.9 cm³/mol. The molecule has 0 radical (unpaired) electrons. The van der Waals surface area contributed by atoms with Crippen molar-refractivity contribution in [2.45, 2.75) is 32.4 Å². The molecule has 0 saturated carbocycles. The van der Waals surface area contributed by atoms with E-state index in [1.165, 1.54) is 12.5 Å². The third kappa shape index (κ3) is 12.3. The Kier molecular flexibility index (Phi) is 11.3. The van der Waals surface area contributed by atoms with Crippen LogP contribution in [0.4, 0.5) is 0 Å². The van der Waals surface area contributed by atoms with Crippen molar-refractivity contribution in [1.29, 1.82) is 0 Å². The Labute approximate surface area is 133 Å². The molecule has 0 amide bonds. The SMILES string of the molecule is C=CCC(CC=C)NCc1ccccc1.CCOS(=O)(=O)O. The van der Waals surface area contributed by atoms with E-state index < -0.39 is 10.4 Å². The van der Waals surface area contributed by atoms with Crippen molar-refractivity contribution in [3.05, 3.63) is 61.2 Å². The molecule has 0 bridgehead atoms. The van der Waals surface area contributed by atoms with Crippen molar-refractivity contribution in [3.8, 4) is 0 Å². The van der Waals surface area contributed by atoms with Gasteiger partial charge in [0.15, 0.2) is 0 Å². The minimum absolute atomic E-state index is 0.0289. The molecule has 0 aliphatic heterocycles. The first-order chi connectivity index (χ1) is 10.4. The standard InChI is InChI=1S/C14H19N.C2H6O4S/c1-3-8-14(9-4-2)15-12-13-10-6-5-7-11-13;1-2-6-7(3,4)5/h3-7,10-11,14-15H,1-2,8-9,12H2;2H2,1H3,(H,3,4,5). The molecule has 0 fully saturated rings. The lowest BCUT2D eigenvalue weighted by Crippen LogP contribution is -2.27. The third-order valence-corrected chi connectivity index (χ3v) is 3.14. The highest BCUT2D eigenvalue weighted by atomic mass is 32.3. The van der Waals surface area contributed by atoms with Crippen LogP contribution < -0.4 is 5.32 Å². The van der Waals surface area contributed by atoms with Crippen LogP contribution in [0.3, 0.4) is 0 Å². The van der Waals surface area contributed by atoms with Gasteiger partial charge in [0.2, 0.25) is 0 Å². The molecule has 0 saturated heterocycles. The van der Waals surface area contributed by atoms with E-state index in [2.05, 4.69) is 46.9 Å². The van der Waals surface area contributed by atoms with Gasteiger partial charge < -0.3 is 5.32 Å². The van der Waals surface area contributed by atoms with Gasteiger partial charge in [-0.05, 0) is 25.3 Å². The van der Waals surface area contributed by atoms with E-state index in [-0.39, 0.29) is 6.61 Å². The number of hydrogen-bond acceptors (Lipinski definition) is 4. The molecule has 0 unspecified atom stereocenters. The van der Waals surface area contributed by atoms with E-state index in [4.69, 9.17) is 4.55 Å². The molecule has 0 aliphatic carbocycles. The highest BCUT2D eigenvalue weighted by molar-refractivity contribution is 7.80. The largest absolute Gasteiger partial charge is 0.397 e. The number of hydrogen-bond donors (Lipinski definition) is 2. The molecule has 6 heteroatoms. The van der Waals surface area contributed by atoms with E-state index in [0.29, 0.717) is 6.04 Å². The molecule has 2 N–H and O–H groups in total. The number of nitrogens with one attached hydrogen (secondary N) is 1. The van der Waals surface area contributed by atoms with Gasteiger partial charge >= 0.3 is 10.4 Å². The van der Waals surface area contributed by atoms with Crippen LogP contribution in [-0.4, -0.2) is 25.6 Å². The molecule has 22 heavy (non-hydrogen) atoms. The maximum absolute atomic E-state index is 9.56. The summed E-state index contributed by atoms with van der Waals surface area (Å²) in [7, 11) is -4.17. The Bertz CT molecular complexity index is 504. The number of benzene rings is 1. The molecule has 0 atom stereocenters. The van der Waals surface area contributed by atoms with Crippen molar-refractivity contribution < 1.29 is 17.2 Å². The van der Waals surface area contributed by atoms with E-state index in [1.807, 2.05) is 18.2 Å². The first kappa shape index (κ1) is 20.5. The summed E-state index contributed by atoms with van der Waals surface area (Å²) in [6, 6.07) is 10.9. The zero-order valence-corrected chi connectivity index (χ0v) is 13.8. The fourth-order valence-corrected chi connectivity index (χ4v) is 1.97. The molecule has 124 valence electrons. The van der Waals surface area contributed by atoms with E-state index in [1.54, 1.807) is 0 Å². The lowest BCUT2D eigenvalue weighted by molar-refractivity contribution is 0.283. The van der Waals surface area contributed by atoms with Gasteiger partial charge in [0.25, 0.3) is 0 Å². The Morgan fingerprint density at radius 3 is 2.14 bits per heavy atom. The summed E-state index contributed by atoms with van der Waals surface area (Å²) in [6.07, 6.45) is 5.87. The molecule has 0 heterocycles. The Hall–Kier alpha value is -1.47. The minimum Gasteiger partial charge on any atom is -0.309 e. The van der Waals surface area contributed by atoms with Crippen LogP contribution in [0.2, 0.25) is 0 Å². The highest BCUT2D eigenvalue weighted by Gasteiger charge is 2.03. The van der Waals surface area contributed by atoms with Gasteiger partial charge in [-0.3, -0.25) is 4.55 Å². The average Bonchev–Trinajstić information content (AvgIpc) is 2.46. The molecular formula is C16H25NO4S. The summed E-state index contributed by atoms with van der Waals surface area (Å²) in [5.74, 6) is 0. The smallest absolute Gasteiger partial charge is 0.309 e. The lowest BCUT2D eigenvalue weighted by atomic mass is 10.1. The molecule has 0 aliphatic rings. The monoisotopic (exact) mass is 327 g/mol. The summed E-state index contributed by atoms with van der Waals surface area (Å²) in [5.41, 5.74) is 1.32. The lowest BCUT2D eigenvalue weighted by Gasteiger charge is -2.15. The van der Waals surface area contributed by atoms with Gasteiger partial charge in [-0.2, -0.15) is 8.42 Å².